The zero-order chi connectivity index (χ0) is 12.3. The van der Waals surface area contributed by atoms with Gasteiger partial charge in [0.25, 0.3) is 0 Å². The molecule has 0 saturated carbocycles. The lowest BCUT2D eigenvalue weighted by Crippen LogP contribution is -2.16. The topological polar surface area (TPSA) is 122 Å². The Morgan fingerprint density at radius 1 is 1.47 bits per heavy atom. The maximum atomic E-state index is 8.85. The molecule has 0 aliphatic carbocycles. The normalized spacial score (nSPS) is 11.5. The van der Waals surface area contributed by atoms with Crippen molar-refractivity contribution in [2.75, 3.05) is 11.1 Å². The van der Waals surface area contributed by atoms with Crippen LogP contribution in [0.3, 0.4) is 0 Å². The van der Waals surface area contributed by atoms with Gasteiger partial charge in [-0.1, -0.05) is 22.8 Å². The van der Waals surface area contributed by atoms with Crippen LogP contribution in [0.4, 0.5) is 11.6 Å². The summed E-state index contributed by atoms with van der Waals surface area (Å²) in [5, 5.41) is 21.7. The van der Waals surface area contributed by atoms with Crippen LogP contribution in [-0.4, -0.2) is 26.3 Å². The summed E-state index contributed by atoms with van der Waals surface area (Å²) in [4.78, 5) is 3.94. The number of rotatable bonds is 2. The summed E-state index contributed by atoms with van der Waals surface area (Å²) < 4.78 is 4.39. The van der Waals surface area contributed by atoms with Gasteiger partial charge in [-0.25, -0.2) is 9.61 Å². The smallest absolute Gasteiger partial charge is 0.204 e. The zero-order valence-corrected chi connectivity index (χ0v) is 9.09. The number of nitrogens with zero attached hydrogens (tertiary/aromatic N) is 4. The summed E-state index contributed by atoms with van der Waals surface area (Å²) in [5.74, 6) is 0.318. The van der Waals surface area contributed by atoms with Gasteiger partial charge in [-0.15, -0.1) is 0 Å². The number of amidine groups is 1. The second-order valence-corrected chi connectivity index (χ2v) is 3.30. The first-order valence-corrected chi connectivity index (χ1v) is 4.78. The van der Waals surface area contributed by atoms with Gasteiger partial charge in [0.05, 0.1) is 0 Å². The number of oxime groups is 1. The Morgan fingerprint density at radius 2 is 2.29 bits per heavy atom. The maximum Gasteiger partial charge on any atom is 0.204 e. The Hall–Kier alpha value is -2.35. The van der Waals surface area contributed by atoms with Crippen LogP contribution in [0.15, 0.2) is 28.0 Å². The highest BCUT2D eigenvalue weighted by atomic mass is 35.5. The second kappa shape index (κ2) is 4.66. The molecule has 0 saturated heterocycles. The number of pyridine rings is 1. The number of nitrogen functional groups attached to an aromatic ring is 1. The van der Waals surface area contributed by atoms with Gasteiger partial charge in [0, 0.05) is 0 Å². The zero-order valence-electron chi connectivity index (χ0n) is 8.33. The molecule has 2 aromatic heterocycles. The van der Waals surface area contributed by atoms with Crippen LogP contribution < -0.4 is 11.1 Å². The predicted molar refractivity (Wildman–Crippen MR) is 59.9 cm³/mol. The van der Waals surface area contributed by atoms with Crippen LogP contribution in [0.5, 0.6) is 0 Å². The number of aromatic nitrogens is 3. The van der Waals surface area contributed by atoms with Crippen molar-refractivity contribution in [3.63, 3.8) is 0 Å². The molecule has 0 fully saturated rings. The quantitative estimate of drug-likeness (QED) is 0.240. The van der Waals surface area contributed by atoms with E-state index >= 15 is 0 Å². The van der Waals surface area contributed by atoms with Crippen LogP contribution >= 0.6 is 11.6 Å². The summed E-state index contributed by atoms with van der Waals surface area (Å²) in [6, 6.07) is 4.91. The molecule has 2 heterocycles. The standard InChI is InChI=1S/C8H7ClN6O2/c9-4-2-1-3-5(11-4)12-8(13-16)6-7(10)15-17-14-6/h1-3,16H,(H2,10,15)(H,11,12,13). The summed E-state index contributed by atoms with van der Waals surface area (Å²) in [6.45, 7) is 0. The lowest BCUT2D eigenvalue weighted by atomic mass is 10.4. The molecule has 88 valence electrons. The Kier molecular flexibility index (Phi) is 3.06. The minimum atomic E-state index is -0.0430. The van der Waals surface area contributed by atoms with Gasteiger partial charge in [-0.3, -0.25) is 0 Å². The third-order valence-corrected chi connectivity index (χ3v) is 2.01. The van der Waals surface area contributed by atoms with E-state index in [4.69, 9.17) is 22.5 Å². The Bertz CT molecular complexity index is 554. The highest BCUT2D eigenvalue weighted by Crippen LogP contribution is 2.12. The van der Waals surface area contributed by atoms with Crippen LogP contribution in [0.1, 0.15) is 5.69 Å². The number of halogens is 1. The van der Waals surface area contributed by atoms with E-state index in [1.54, 1.807) is 18.2 Å². The molecule has 2 aromatic rings. The maximum absolute atomic E-state index is 8.85. The first-order chi connectivity index (χ1) is 8.20. The molecule has 4 N–H and O–H groups in total. The van der Waals surface area contributed by atoms with Gasteiger partial charge in [0.1, 0.15) is 11.0 Å². The van der Waals surface area contributed by atoms with Crippen molar-refractivity contribution in [2.45, 2.75) is 0 Å². The SMILES string of the molecule is Nc1nonc1/C(=N\O)Nc1cccc(Cl)n1. The van der Waals surface area contributed by atoms with E-state index in [9.17, 15) is 0 Å². The van der Waals surface area contributed by atoms with Crippen molar-refractivity contribution in [3.8, 4) is 0 Å². The lowest BCUT2D eigenvalue weighted by Gasteiger charge is -2.04. The fourth-order valence-corrected chi connectivity index (χ4v) is 1.25. The van der Waals surface area contributed by atoms with Gasteiger partial charge in [-0.2, -0.15) is 0 Å². The van der Waals surface area contributed by atoms with E-state index in [0.29, 0.717) is 11.0 Å². The molecule has 0 amide bonds. The molecule has 8 nitrogen and oxygen atoms in total. The average molecular weight is 255 g/mol. The number of nitrogens with two attached hydrogens (primary N) is 1. The van der Waals surface area contributed by atoms with Crippen LogP contribution in [0.2, 0.25) is 5.15 Å². The number of anilines is 2. The molecule has 0 aromatic carbocycles. The van der Waals surface area contributed by atoms with Crippen LogP contribution in [0, 0.1) is 0 Å². The average Bonchev–Trinajstić information content (AvgIpc) is 2.72. The molecule has 9 heteroatoms. The number of nitrogens with one attached hydrogen (secondary N) is 1. The van der Waals surface area contributed by atoms with E-state index in [0.717, 1.165) is 0 Å². The van der Waals surface area contributed by atoms with E-state index < -0.39 is 0 Å². The van der Waals surface area contributed by atoms with Gasteiger partial charge in [-0.05, 0) is 22.4 Å². The summed E-state index contributed by atoms with van der Waals surface area (Å²) >= 11 is 5.70. The van der Waals surface area contributed by atoms with Crippen molar-refractivity contribution in [1.29, 1.82) is 0 Å². The van der Waals surface area contributed by atoms with Gasteiger partial charge in [0.15, 0.2) is 11.5 Å². The molecule has 0 atom stereocenters. The number of hydrogen-bond acceptors (Lipinski definition) is 7. The van der Waals surface area contributed by atoms with E-state index in [1.807, 2.05) is 0 Å². The Balaban J connectivity index is 2.26. The predicted octanol–water partition coefficient (Wildman–Crippen LogP) is 0.948. The summed E-state index contributed by atoms with van der Waals surface area (Å²) in [6.07, 6.45) is 0. The first kappa shape index (κ1) is 11.1. The lowest BCUT2D eigenvalue weighted by molar-refractivity contribution is 0.305. The minimum absolute atomic E-state index is 0.00710. The van der Waals surface area contributed by atoms with Crippen molar-refractivity contribution in [2.24, 2.45) is 5.16 Å². The Morgan fingerprint density at radius 3 is 2.88 bits per heavy atom. The second-order valence-electron chi connectivity index (χ2n) is 2.92. The van der Waals surface area contributed by atoms with Crippen molar-refractivity contribution in [1.82, 2.24) is 15.3 Å². The van der Waals surface area contributed by atoms with Crippen molar-refractivity contribution >= 4 is 29.1 Å². The highest BCUT2D eigenvalue weighted by molar-refractivity contribution is 6.29. The monoisotopic (exact) mass is 254 g/mol. The molecule has 17 heavy (non-hydrogen) atoms. The molecular weight excluding hydrogens is 248 g/mol. The fraction of sp³-hybridized carbons (Fsp3) is 0. The molecule has 2 rings (SSSR count). The molecule has 0 unspecified atom stereocenters. The molecular formula is C8H7ClN6O2. The van der Waals surface area contributed by atoms with Crippen molar-refractivity contribution in [3.05, 3.63) is 29.0 Å². The van der Waals surface area contributed by atoms with E-state index in [1.165, 1.54) is 0 Å². The molecule has 0 radical (unpaired) electrons. The molecule has 0 aliphatic heterocycles. The molecule has 0 aliphatic rings. The Labute approximate surface area is 100 Å². The number of hydrogen-bond donors (Lipinski definition) is 3. The van der Waals surface area contributed by atoms with Crippen LogP contribution in [-0.2, 0) is 0 Å². The van der Waals surface area contributed by atoms with Gasteiger partial charge in [0.2, 0.25) is 5.84 Å². The summed E-state index contributed by atoms with van der Waals surface area (Å²) in [7, 11) is 0. The first-order valence-electron chi connectivity index (χ1n) is 4.40. The third-order valence-electron chi connectivity index (χ3n) is 1.80. The minimum Gasteiger partial charge on any atom is -0.409 e. The molecule has 0 bridgehead atoms. The van der Waals surface area contributed by atoms with E-state index in [-0.39, 0.29) is 17.3 Å². The third kappa shape index (κ3) is 2.42. The fourth-order valence-electron chi connectivity index (χ4n) is 1.09. The van der Waals surface area contributed by atoms with Crippen molar-refractivity contribution < 1.29 is 9.84 Å². The van der Waals surface area contributed by atoms with Crippen LogP contribution in [0.25, 0.3) is 0 Å². The molecule has 0 spiro atoms. The van der Waals surface area contributed by atoms with E-state index in [2.05, 4.69) is 30.4 Å². The van der Waals surface area contributed by atoms with Gasteiger partial charge >= 0.3 is 0 Å². The summed E-state index contributed by atoms with van der Waals surface area (Å²) in [5.41, 5.74) is 5.53. The van der Waals surface area contributed by atoms with Gasteiger partial charge < -0.3 is 16.3 Å². The largest absolute Gasteiger partial charge is 0.409 e. The highest BCUT2D eigenvalue weighted by Gasteiger charge is 2.15.